The van der Waals surface area contributed by atoms with Crippen LogP contribution in [0.25, 0.3) is 22.9 Å². The maximum absolute atomic E-state index is 12.5. The molecule has 2 N–H and O–H groups in total. The van der Waals surface area contributed by atoms with Crippen molar-refractivity contribution in [3.63, 3.8) is 0 Å². The first kappa shape index (κ1) is 18.6. The molecule has 0 saturated heterocycles. The lowest BCUT2D eigenvalue weighted by Gasteiger charge is -2.10. The number of anilines is 1. The van der Waals surface area contributed by atoms with Gasteiger partial charge in [-0.1, -0.05) is 27.7 Å². The Balaban J connectivity index is 1.53. The van der Waals surface area contributed by atoms with Crippen LogP contribution in [-0.4, -0.2) is 21.1 Å². The molecule has 1 atom stereocenters. The molecular weight excluding hydrogens is 442 g/mol. The van der Waals surface area contributed by atoms with Gasteiger partial charge in [0.15, 0.2) is 16.7 Å². The van der Waals surface area contributed by atoms with E-state index in [1.165, 1.54) is 11.8 Å². The van der Waals surface area contributed by atoms with Crippen LogP contribution in [0.1, 0.15) is 6.92 Å². The van der Waals surface area contributed by atoms with Crippen LogP contribution in [0.2, 0.25) is 0 Å². The molecule has 0 radical (unpaired) electrons. The summed E-state index contributed by atoms with van der Waals surface area (Å²) in [7, 11) is 0. The van der Waals surface area contributed by atoms with Crippen molar-refractivity contribution >= 4 is 39.3 Å². The maximum Gasteiger partial charge on any atom is 0.237 e. The average Bonchev–Trinajstić information content (AvgIpc) is 3.44. The van der Waals surface area contributed by atoms with Gasteiger partial charge < -0.3 is 19.1 Å². The molecule has 4 rings (SSSR count). The molecule has 142 valence electrons. The number of nitrogens with one attached hydrogen (secondary N) is 2. The van der Waals surface area contributed by atoms with Crippen molar-refractivity contribution in [1.29, 1.82) is 0 Å². The number of halogens is 1. The lowest BCUT2D eigenvalue weighted by molar-refractivity contribution is -0.115. The average molecular weight is 458 g/mol. The highest BCUT2D eigenvalue weighted by Gasteiger charge is 2.22. The first-order valence-corrected chi connectivity index (χ1v) is 10.2. The molecule has 1 unspecified atom stereocenters. The molecular formula is C20H16BrN3O3S. The fraction of sp³-hybridized carbons (Fsp3) is 0.100. The standard InChI is InChI=1S/C20H16BrN3O3S/c1-12(19(25)22-14-8-6-13(21)7-9-14)28-20-23-17(15-4-2-10-26-15)18(24-20)16-5-3-11-27-16/h2-12H,1H3,(H,22,25)(H,23,24). The Kier molecular flexibility index (Phi) is 5.40. The number of amides is 1. The Morgan fingerprint density at radius 3 is 2.43 bits per heavy atom. The molecule has 4 aromatic rings. The van der Waals surface area contributed by atoms with Crippen LogP contribution in [-0.2, 0) is 4.79 Å². The Morgan fingerprint density at radius 2 is 1.79 bits per heavy atom. The number of thioether (sulfide) groups is 1. The van der Waals surface area contributed by atoms with E-state index < -0.39 is 0 Å². The minimum atomic E-state index is -0.358. The highest BCUT2D eigenvalue weighted by molar-refractivity contribution is 9.10. The zero-order valence-corrected chi connectivity index (χ0v) is 17.2. The predicted octanol–water partition coefficient (Wildman–Crippen LogP) is 5.81. The Labute approximate surface area is 173 Å². The molecule has 0 aliphatic carbocycles. The molecule has 0 aliphatic rings. The number of imidazole rings is 1. The van der Waals surface area contributed by atoms with Gasteiger partial charge >= 0.3 is 0 Å². The van der Waals surface area contributed by atoms with Crippen molar-refractivity contribution in [3.05, 3.63) is 65.5 Å². The normalized spacial score (nSPS) is 12.1. The van der Waals surface area contributed by atoms with E-state index >= 15 is 0 Å². The zero-order chi connectivity index (χ0) is 19.5. The van der Waals surface area contributed by atoms with Gasteiger partial charge in [-0.2, -0.15) is 0 Å². The minimum Gasteiger partial charge on any atom is -0.463 e. The van der Waals surface area contributed by atoms with Gasteiger partial charge in [0.05, 0.1) is 17.8 Å². The molecule has 3 aromatic heterocycles. The summed E-state index contributed by atoms with van der Waals surface area (Å²) in [6.07, 6.45) is 3.19. The summed E-state index contributed by atoms with van der Waals surface area (Å²) in [6.45, 7) is 1.83. The van der Waals surface area contributed by atoms with Crippen LogP contribution in [0.5, 0.6) is 0 Å². The topological polar surface area (TPSA) is 84.1 Å². The fourth-order valence-corrected chi connectivity index (χ4v) is 3.67. The SMILES string of the molecule is CC(Sc1nc(-c2ccco2)c(-c2ccco2)[nH]1)C(=O)Nc1ccc(Br)cc1. The maximum atomic E-state index is 12.5. The van der Waals surface area contributed by atoms with Gasteiger partial charge in [0.1, 0.15) is 11.4 Å². The summed E-state index contributed by atoms with van der Waals surface area (Å²) in [5.41, 5.74) is 2.10. The van der Waals surface area contributed by atoms with E-state index in [2.05, 4.69) is 31.2 Å². The van der Waals surface area contributed by atoms with Gasteiger partial charge in [-0.3, -0.25) is 4.79 Å². The molecule has 0 spiro atoms. The Hall–Kier alpha value is -2.71. The second-order valence-electron chi connectivity index (χ2n) is 5.98. The number of carbonyl (C=O) groups excluding carboxylic acids is 1. The fourth-order valence-electron chi connectivity index (χ4n) is 2.60. The molecule has 1 amide bonds. The molecule has 3 heterocycles. The quantitative estimate of drug-likeness (QED) is 0.356. The van der Waals surface area contributed by atoms with Crippen molar-refractivity contribution in [3.8, 4) is 22.9 Å². The van der Waals surface area contributed by atoms with Gasteiger partial charge in [-0.05, 0) is 55.5 Å². The number of carbonyl (C=O) groups is 1. The van der Waals surface area contributed by atoms with Crippen LogP contribution in [0.3, 0.4) is 0 Å². The van der Waals surface area contributed by atoms with E-state index in [1.54, 1.807) is 18.6 Å². The third-order valence-electron chi connectivity index (χ3n) is 3.97. The van der Waals surface area contributed by atoms with Crippen molar-refractivity contribution in [2.75, 3.05) is 5.32 Å². The predicted molar refractivity (Wildman–Crippen MR) is 112 cm³/mol. The molecule has 6 nitrogen and oxygen atoms in total. The molecule has 0 saturated carbocycles. The second-order valence-corrected chi connectivity index (χ2v) is 8.22. The number of rotatable bonds is 6. The van der Waals surface area contributed by atoms with E-state index in [0.717, 1.165) is 10.2 Å². The lowest BCUT2D eigenvalue weighted by atomic mass is 10.2. The van der Waals surface area contributed by atoms with Crippen LogP contribution < -0.4 is 5.32 Å². The summed E-state index contributed by atoms with van der Waals surface area (Å²) in [5.74, 6) is 1.17. The van der Waals surface area contributed by atoms with Crippen LogP contribution >= 0.6 is 27.7 Å². The van der Waals surface area contributed by atoms with Gasteiger partial charge in [0.25, 0.3) is 0 Å². The van der Waals surface area contributed by atoms with Gasteiger partial charge in [0.2, 0.25) is 5.91 Å². The van der Waals surface area contributed by atoms with Gasteiger partial charge in [-0.25, -0.2) is 4.98 Å². The van der Waals surface area contributed by atoms with Crippen LogP contribution in [0.15, 0.2) is 79.5 Å². The van der Waals surface area contributed by atoms with E-state index in [0.29, 0.717) is 28.1 Å². The van der Waals surface area contributed by atoms with Crippen molar-refractivity contribution in [2.24, 2.45) is 0 Å². The van der Waals surface area contributed by atoms with Crippen molar-refractivity contribution < 1.29 is 13.6 Å². The monoisotopic (exact) mass is 457 g/mol. The Bertz CT molecular complexity index is 1010. The second kappa shape index (κ2) is 8.12. The van der Waals surface area contributed by atoms with Gasteiger partial charge in [-0.15, -0.1) is 0 Å². The molecule has 0 bridgehead atoms. The summed E-state index contributed by atoms with van der Waals surface area (Å²) in [6, 6.07) is 14.7. The largest absolute Gasteiger partial charge is 0.463 e. The van der Waals surface area contributed by atoms with Crippen molar-refractivity contribution in [2.45, 2.75) is 17.3 Å². The number of furan rings is 2. The molecule has 0 aliphatic heterocycles. The van der Waals surface area contributed by atoms with E-state index in [1.807, 2.05) is 49.4 Å². The highest BCUT2D eigenvalue weighted by atomic mass is 79.9. The third kappa shape index (κ3) is 4.07. The number of hydrogen-bond donors (Lipinski definition) is 2. The minimum absolute atomic E-state index is 0.109. The number of aromatic amines is 1. The highest BCUT2D eigenvalue weighted by Crippen LogP contribution is 2.34. The Morgan fingerprint density at radius 1 is 1.11 bits per heavy atom. The molecule has 8 heteroatoms. The number of hydrogen-bond acceptors (Lipinski definition) is 5. The number of H-pyrrole nitrogens is 1. The smallest absolute Gasteiger partial charge is 0.237 e. The first-order chi connectivity index (χ1) is 13.6. The zero-order valence-electron chi connectivity index (χ0n) is 14.8. The van der Waals surface area contributed by atoms with Crippen molar-refractivity contribution in [1.82, 2.24) is 9.97 Å². The van der Waals surface area contributed by atoms with E-state index in [9.17, 15) is 4.79 Å². The molecule has 28 heavy (non-hydrogen) atoms. The summed E-state index contributed by atoms with van der Waals surface area (Å²) in [5, 5.41) is 3.16. The third-order valence-corrected chi connectivity index (χ3v) is 5.49. The summed E-state index contributed by atoms with van der Waals surface area (Å²) >= 11 is 4.71. The summed E-state index contributed by atoms with van der Waals surface area (Å²) < 4.78 is 12.0. The summed E-state index contributed by atoms with van der Waals surface area (Å²) in [4.78, 5) is 20.4. The molecule has 0 fully saturated rings. The number of benzene rings is 1. The first-order valence-electron chi connectivity index (χ1n) is 8.51. The van der Waals surface area contributed by atoms with Gasteiger partial charge in [0, 0.05) is 10.2 Å². The molecule has 1 aromatic carbocycles. The number of aromatic nitrogens is 2. The van der Waals surface area contributed by atoms with E-state index in [4.69, 9.17) is 8.83 Å². The van der Waals surface area contributed by atoms with Crippen LogP contribution in [0, 0.1) is 0 Å². The lowest BCUT2D eigenvalue weighted by Crippen LogP contribution is -2.22. The van der Waals surface area contributed by atoms with Crippen LogP contribution in [0.4, 0.5) is 5.69 Å². The van der Waals surface area contributed by atoms with E-state index in [-0.39, 0.29) is 11.2 Å². The number of nitrogens with zero attached hydrogens (tertiary/aromatic N) is 1.